The first kappa shape index (κ1) is 57.0. The Labute approximate surface area is 439 Å². The number of carbonyl (C=O) groups is 6. The number of rotatable bonds is 20. The molecule has 0 spiro atoms. The van der Waals surface area contributed by atoms with E-state index in [1.807, 2.05) is 23.0 Å². The number of halogens is 2. The summed E-state index contributed by atoms with van der Waals surface area (Å²) < 4.78 is 3.44. The van der Waals surface area contributed by atoms with Crippen LogP contribution in [0.4, 0.5) is 0 Å². The molecule has 2 fully saturated rings. The van der Waals surface area contributed by atoms with Gasteiger partial charge in [-0.2, -0.15) is 0 Å². The van der Waals surface area contributed by atoms with Crippen LogP contribution >= 0.6 is 40.7 Å². The number of nitrogens with one attached hydrogen (secondary N) is 7. The average Bonchev–Trinajstić information content (AvgIpc) is 3.95. The Morgan fingerprint density at radius 2 is 1.46 bits per heavy atom. The molecule has 5 amide bonds. The number of carboxylic acid groups (broad SMARTS) is 1. The zero-order valence-corrected chi connectivity index (χ0v) is 45.2. The van der Waals surface area contributed by atoms with Gasteiger partial charge in [0.1, 0.15) is 30.2 Å². The Balaban J connectivity index is 0.00000296. The van der Waals surface area contributed by atoms with E-state index in [9.17, 15) is 33.9 Å². The maximum atomic E-state index is 14.4. The SMILES string of the molecule is CC(C)[C@@H](C(=O)N[C@@H](Cc1ccccc1)C(=O)N[C@@H](Cc1ccccc1)C(=O)O)N1C(=O)[C@@H](NC(=O)[C@H](CCCCN)NC(=O)Cn2cc3[n+](n2)[C-]2CNCCNCCNCCN2C3)CC1C.[I][Cu][I]. The maximum absolute atomic E-state index is 14.4. The number of aliphatic carboxylic acids is 1. The van der Waals surface area contributed by atoms with Crippen molar-refractivity contribution in [1.82, 2.24) is 56.9 Å². The van der Waals surface area contributed by atoms with E-state index < -0.39 is 77.7 Å². The molecular weight excluding hydrogens is 1180 g/mol. The first-order chi connectivity index (χ1) is 33.7. The van der Waals surface area contributed by atoms with Crippen molar-refractivity contribution in [2.24, 2.45) is 11.7 Å². The molecule has 0 saturated carbocycles. The van der Waals surface area contributed by atoms with Crippen molar-refractivity contribution >= 4 is 76.2 Å². The summed E-state index contributed by atoms with van der Waals surface area (Å²) in [4.78, 5) is 86.2. The van der Waals surface area contributed by atoms with E-state index in [-0.39, 0.29) is 32.2 Å². The van der Waals surface area contributed by atoms with Crippen molar-refractivity contribution in [1.29, 1.82) is 0 Å². The summed E-state index contributed by atoms with van der Waals surface area (Å²) in [6.07, 6.45) is 4.61. The number of unbranched alkanes of at least 4 members (excludes halogenated alkanes) is 1. The Morgan fingerprint density at radius 3 is 2.07 bits per heavy atom. The van der Waals surface area contributed by atoms with Crippen LogP contribution in [0.1, 0.15) is 63.3 Å². The second-order valence-electron chi connectivity index (χ2n) is 18.0. The molecule has 4 heterocycles. The van der Waals surface area contributed by atoms with Crippen LogP contribution in [0.5, 0.6) is 0 Å². The second kappa shape index (κ2) is 29.5. The number of carbonyl (C=O) groups excluding carboxylic acids is 5. The number of nitrogens with zero attached hydrogens (tertiary/aromatic N) is 5. The quantitative estimate of drug-likeness (QED) is 0.0241. The molecule has 3 aromatic rings. The molecular formula is C47H69CuI2N13O7. The molecule has 20 nitrogen and oxygen atoms in total. The summed E-state index contributed by atoms with van der Waals surface area (Å²) in [6.45, 7) is 12.0. The van der Waals surface area contributed by atoms with Crippen LogP contribution < -0.4 is 47.6 Å². The van der Waals surface area contributed by atoms with Crippen LogP contribution in [0, 0.1) is 12.1 Å². The zero-order valence-electron chi connectivity index (χ0n) is 40.0. The van der Waals surface area contributed by atoms with E-state index in [0.717, 1.165) is 56.7 Å². The van der Waals surface area contributed by atoms with Crippen LogP contribution in [0.25, 0.3) is 0 Å². The Kier molecular flexibility index (Phi) is 24.0. The predicted molar refractivity (Wildman–Crippen MR) is 276 cm³/mol. The number of aromatic nitrogens is 3. The van der Waals surface area contributed by atoms with Crippen molar-refractivity contribution in [2.75, 3.05) is 52.4 Å². The summed E-state index contributed by atoms with van der Waals surface area (Å²) in [5, 5.41) is 36.3. The standard InChI is InChI=1S/C47H69N13O7.Cu.2HI/c1-31(2)42(45(64)53-37(25-33-12-6-4-7-13-33)44(63)55-39(47(66)67)26-34-14-8-5-9-15-34)59-32(3)24-38(46(59)65)54-43(62)36(16-10-11-17-48)52-40(61)30-58-29-35-28-57-23-22-50-19-18-49-20-21-51-27-41(57)60(35)56-58;;;/h4-9,12-15,29,31-32,36-39,42,49-51H,10-11,16-28,30,48H2,1-3H3,(H,52,61)(H,53,64)(H,54,62)(H,55,63)(H,66,67);;2*1H/q;+2;;/p-2/t32?,36-,37-,38-,39-,42-;;;/m0.../s1. The van der Waals surface area contributed by atoms with Crippen molar-refractivity contribution in [2.45, 2.75) is 109 Å². The first-order valence-electron chi connectivity index (χ1n) is 23.8. The minimum atomic E-state index is -1.26. The molecule has 0 aliphatic carbocycles. The summed E-state index contributed by atoms with van der Waals surface area (Å²) in [7, 11) is 1.75. The molecule has 0 bridgehead atoms. The summed E-state index contributed by atoms with van der Waals surface area (Å²) in [5.41, 5.74) is 8.18. The van der Waals surface area contributed by atoms with Crippen LogP contribution in [0.2, 0.25) is 0 Å². The van der Waals surface area contributed by atoms with Gasteiger partial charge in [0, 0.05) is 76.6 Å². The van der Waals surface area contributed by atoms with Gasteiger partial charge in [0.25, 0.3) is 5.91 Å². The Hall–Kier alpha value is -3.95. The van der Waals surface area contributed by atoms with E-state index in [1.165, 1.54) is 4.90 Å². The van der Waals surface area contributed by atoms with Crippen molar-refractivity contribution < 1.29 is 47.0 Å². The molecule has 6 atom stereocenters. The molecule has 10 N–H and O–H groups in total. The molecule has 1 unspecified atom stereocenters. The van der Waals surface area contributed by atoms with Crippen LogP contribution in [0.15, 0.2) is 66.9 Å². The van der Waals surface area contributed by atoms with Gasteiger partial charge in [-0.15, -0.1) is 4.68 Å². The molecule has 0 radical (unpaired) electrons. The number of hydrogen-bond donors (Lipinski definition) is 9. The number of hydrogen-bond acceptors (Lipinski definition) is 12. The molecule has 2 saturated heterocycles. The third kappa shape index (κ3) is 17.1. The van der Waals surface area contributed by atoms with Gasteiger partial charge in [0.05, 0.1) is 11.4 Å². The summed E-state index contributed by atoms with van der Waals surface area (Å²) in [6, 6.07) is 12.0. The van der Waals surface area contributed by atoms with E-state index in [1.54, 1.807) is 82.4 Å². The van der Waals surface area contributed by atoms with E-state index in [2.05, 4.69) is 82.8 Å². The van der Waals surface area contributed by atoms with Crippen LogP contribution in [-0.4, -0.2) is 149 Å². The van der Waals surface area contributed by atoms with Gasteiger partial charge >= 0.3 is 55.1 Å². The summed E-state index contributed by atoms with van der Waals surface area (Å²) >= 11 is 4.36. The number of carboxylic acids is 1. The van der Waals surface area contributed by atoms with Gasteiger partial charge < -0.3 is 57.9 Å². The number of fused-ring (bicyclic) bond motifs is 3. The normalized spacial score (nSPS) is 19.3. The average molecular weight is 1250 g/mol. The number of likely N-dealkylation sites (tertiary alicyclic amines) is 1. The molecule has 3 aliphatic heterocycles. The van der Waals surface area contributed by atoms with E-state index in [4.69, 9.17) is 10.9 Å². The minimum absolute atomic E-state index is 0.0335. The van der Waals surface area contributed by atoms with Crippen LogP contribution in [0.3, 0.4) is 0 Å². The number of nitrogens with two attached hydrogens (primary N) is 1. The fraction of sp³-hybridized carbons (Fsp3) is 0.553. The molecule has 70 heavy (non-hydrogen) atoms. The fourth-order valence-corrected chi connectivity index (χ4v) is 8.95. The van der Waals surface area contributed by atoms with Gasteiger partial charge in [-0.25, -0.2) is 9.48 Å². The number of amides is 5. The van der Waals surface area contributed by atoms with Crippen molar-refractivity contribution in [3.05, 3.63) is 89.8 Å². The van der Waals surface area contributed by atoms with Crippen molar-refractivity contribution in [3.63, 3.8) is 0 Å². The Morgan fingerprint density at radius 1 is 0.857 bits per heavy atom. The monoisotopic (exact) mass is 1240 g/mol. The second-order valence-corrected chi connectivity index (χ2v) is 26.0. The molecule has 6 rings (SSSR count). The topological polar surface area (TPSA) is 261 Å². The van der Waals surface area contributed by atoms with Crippen LogP contribution in [-0.2, 0) is 63.2 Å². The first-order valence-corrected chi connectivity index (χ1v) is 29.9. The van der Waals surface area contributed by atoms with Gasteiger partial charge in [-0.3, -0.25) is 24.0 Å². The fourth-order valence-electron chi connectivity index (χ4n) is 8.95. The van der Waals surface area contributed by atoms with Gasteiger partial charge in [-0.05, 0) is 62.7 Å². The third-order valence-corrected chi connectivity index (χ3v) is 12.4. The van der Waals surface area contributed by atoms with Gasteiger partial charge in [0.15, 0.2) is 6.54 Å². The van der Waals surface area contributed by atoms with Gasteiger partial charge in [0.2, 0.25) is 23.6 Å². The molecule has 3 aliphatic rings. The molecule has 1 aromatic heterocycles. The molecule has 23 heteroatoms. The zero-order chi connectivity index (χ0) is 50.6. The molecule has 2 aromatic carbocycles. The van der Waals surface area contributed by atoms with Gasteiger partial charge in [-0.1, -0.05) is 74.5 Å². The van der Waals surface area contributed by atoms with E-state index >= 15 is 0 Å². The van der Waals surface area contributed by atoms with E-state index in [0.29, 0.717) is 38.0 Å². The Bertz CT molecular complexity index is 2160. The molecule has 389 valence electrons. The third-order valence-electron chi connectivity index (χ3n) is 12.4. The predicted octanol–water partition coefficient (Wildman–Crippen LogP) is 0.159. The van der Waals surface area contributed by atoms with Crippen molar-refractivity contribution in [3.8, 4) is 0 Å². The summed E-state index contributed by atoms with van der Waals surface area (Å²) in [5.74, 6) is -4.34. The number of benzene rings is 2.